The van der Waals surface area contributed by atoms with Crippen LogP contribution in [0.15, 0.2) is 4.99 Å². The van der Waals surface area contributed by atoms with Gasteiger partial charge in [0, 0.05) is 13.5 Å². The van der Waals surface area contributed by atoms with E-state index in [-0.39, 0.29) is 36.2 Å². The van der Waals surface area contributed by atoms with Gasteiger partial charge in [0.2, 0.25) is 5.91 Å². The van der Waals surface area contributed by atoms with Gasteiger partial charge in [-0.3, -0.25) is 14.3 Å². The van der Waals surface area contributed by atoms with Crippen molar-refractivity contribution in [2.75, 3.05) is 19.8 Å². The Hall–Kier alpha value is -0.510. The molecule has 37 heavy (non-hydrogen) atoms. The van der Waals surface area contributed by atoms with Gasteiger partial charge in [0.25, 0.3) is 0 Å². The van der Waals surface area contributed by atoms with Crippen LogP contribution in [0, 0.1) is 0 Å². The summed E-state index contributed by atoms with van der Waals surface area (Å²) in [6, 6.07) is -2.72. The van der Waals surface area contributed by atoms with Gasteiger partial charge in [0.05, 0.1) is 13.2 Å². The molecule has 0 aromatic heterocycles. The van der Waals surface area contributed by atoms with E-state index in [0.717, 1.165) is 6.92 Å². The molecule has 2 fully saturated rings. The smallest absolute Gasteiger partial charge is 0.862 e. The Morgan fingerprint density at radius 1 is 1.08 bits per heavy atom. The third kappa shape index (κ3) is 9.87. The topological polar surface area (TPSA) is 246 Å². The number of carbonyl (C=O) groups is 1. The largest absolute Gasteiger partial charge is 1.00 e. The number of aliphatic imine (C=N–C) groups is 1. The number of ether oxygens (including phenoxy) is 4. The molecule has 2 heterocycles. The number of aliphatic hydroxyl groups is 4. The normalized spacial score (nSPS) is 37.0. The van der Waals surface area contributed by atoms with Crippen molar-refractivity contribution in [3.63, 3.8) is 0 Å². The van der Waals surface area contributed by atoms with Gasteiger partial charge in [-0.25, -0.2) is 4.18 Å². The molecular weight excluding hydrogens is 535 g/mol. The zero-order valence-electron chi connectivity index (χ0n) is 20.9. The SMILES string of the molecule is CCCO[C@H]1O[C@H](CO)[C@@H](O[C@@H]2O[C@H](COS(=O)(=O)O)[C@@H](O)[C@H](O)[C@H]2N=C(C)[O-])[C@H](O)[C@H]1NC(C)=O.[Na+]. The first-order valence-corrected chi connectivity index (χ1v) is 12.5. The van der Waals surface area contributed by atoms with Crippen molar-refractivity contribution in [3.05, 3.63) is 0 Å². The van der Waals surface area contributed by atoms with Gasteiger partial charge in [-0.15, -0.1) is 0 Å². The average Bonchev–Trinajstić information content (AvgIpc) is 2.78. The average molecular weight is 569 g/mol. The van der Waals surface area contributed by atoms with Crippen molar-refractivity contribution >= 4 is 22.2 Å². The minimum atomic E-state index is -4.93. The van der Waals surface area contributed by atoms with Crippen molar-refractivity contribution in [1.82, 2.24) is 5.32 Å². The predicted molar refractivity (Wildman–Crippen MR) is 116 cm³/mol. The van der Waals surface area contributed by atoms with Gasteiger partial charge in [0.1, 0.15) is 48.7 Å². The molecule has 18 heteroatoms. The first kappa shape index (κ1) is 34.5. The zero-order valence-corrected chi connectivity index (χ0v) is 23.7. The molecule has 6 N–H and O–H groups in total. The molecule has 2 aliphatic rings. The number of hydrogen-bond donors (Lipinski definition) is 6. The molecule has 0 spiro atoms. The summed E-state index contributed by atoms with van der Waals surface area (Å²) in [4.78, 5) is 15.4. The van der Waals surface area contributed by atoms with Crippen LogP contribution < -0.4 is 40.0 Å². The van der Waals surface area contributed by atoms with Crippen LogP contribution in [0.5, 0.6) is 0 Å². The van der Waals surface area contributed by atoms with Crippen LogP contribution in [0.2, 0.25) is 0 Å². The minimum absolute atomic E-state index is 0. The van der Waals surface area contributed by atoms with Crippen molar-refractivity contribution in [2.45, 2.75) is 88.5 Å². The number of aliphatic hydroxyl groups excluding tert-OH is 4. The van der Waals surface area contributed by atoms with Crippen molar-refractivity contribution in [1.29, 1.82) is 0 Å². The summed E-state index contributed by atoms with van der Waals surface area (Å²) >= 11 is 0. The third-order valence-electron chi connectivity index (χ3n) is 5.38. The van der Waals surface area contributed by atoms with Crippen LogP contribution >= 0.6 is 0 Å². The summed E-state index contributed by atoms with van der Waals surface area (Å²) in [5, 5.41) is 55.9. The first-order valence-electron chi connectivity index (χ1n) is 11.1. The molecule has 210 valence electrons. The van der Waals surface area contributed by atoms with Crippen LogP contribution in [0.25, 0.3) is 0 Å². The second-order valence-corrected chi connectivity index (χ2v) is 9.38. The van der Waals surface area contributed by atoms with Crippen LogP contribution in [-0.4, -0.2) is 126 Å². The van der Waals surface area contributed by atoms with E-state index >= 15 is 0 Å². The minimum Gasteiger partial charge on any atom is -0.862 e. The van der Waals surface area contributed by atoms with Gasteiger partial charge >= 0.3 is 40.0 Å². The Labute approximate surface area is 236 Å². The number of rotatable bonds is 11. The van der Waals surface area contributed by atoms with E-state index in [1.165, 1.54) is 6.92 Å². The monoisotopic (exact) mass is 568 g/mol. The maximum Gasteiger partial charge on any atom is 1.00 e. The standard InChI is InChI=1S/C19H34N2O14S.Na/c1-4-5-31-18-13(21-9(3)24)16(27)17(10(6-22)33-18)35-19-12(20-8(2)23)15(26)14(25)11(34-19)7-32-36(28,29)30;/h10-19,22,25-27H,4-7H2,1-3H3,(H,20,23)(H,21,24)(H,28,29,30);/q;+1/p-1/t10-,11-,12-,13-,14-,15-,16-,17-,18+,19+;/m1./s1. The van der Waals surface area contributed by atoms with Crippen LogP contribution in [-0.2, 0) is 38.3 Å². The summed E-state index contributed by atoms with van der Waals surface area (Å²) in [5.74, 6) is -1.31. The van der Waals surface area contributed by atoms with Gasteiger partial charge in [-0.2, -0.15) is 8.42 Å². The van der Waals surface area contributed by atoms with Crippen molar-refractivity contribution in [2.24, 2.45) is 4.99 Å². The molecule has 0 bridgehead atoms. The van der Waals surface area contributed by atoms with E-state index in [4.69, 9.17) is 23.5 Å². The molecule has 0 aromatic carbocycles. The van der Waals surface area contributed by atoms with Crippen LogP contribution in [0.1, 0.15) is 27.2 Å². The van der Waals surface area contributed by atoms with Gasteiger partial charge in [-0.1, -0.05) is 6.92 Å². The zero-order chi connectivity index (χ0) is 27.2. The molecule has 0 radical (unpaired) electrons. The first-order chi connectivity index (χ1) is 16.8. The third-order valence-corrected chi connectivity index (χ3v) is 5.82. The Bertz CT molecular complexity index is 860. The molecule has 16 nitrogen and oxygen atoms in total. The maximum atomic E-state index is 11.7. The second kappa shape index (κ2) is 15.3. The Balaban J connectivity index is 0.00000684. The molecular formula is C19H33N2NaO14S. The molecule has 0 saturated carbocycles. The molecule has 2 aliphatic heterocycles. The number of carbonyl (C=O) groups excluding carboxylic acids is 1. The predicted octanol–water partition coefficient (Wildman–Crippen LogP) is -7.20. The quantitative estimate of drug-likeness (QED) is 0.0587. The molecule has 2 saturated heterocycles. The molecule has 0 aliphatic carbocycles. The molecule has 0 aromatic rings. The molecule has 1 amide bonds. The number of nitrogens with one attached hydrogen (secondary N) is 1. The molecule has 2 rings (SSSR count). The van der Waals surface area contributed by atoms with Crippen molar-refractivity contribution in [3.8, 4) is 0 Å². The number of nitrogens with zero attached hydrogens (tertiary/aromatic N) is 1. The fraction of sp³-hybridized carbons (Fsp3) is 0.895. The number of hydrogen-bond acceptors (Lipinski definition) is 14. The summed E-state index contributed by atoms with van der Waals surface area (Å²) in [7, 11) is -4.93. The molecule has 10 atom stereocenters. The van der Waals surface area contributed by atoms with E-state index in [1.54, 1.807) is 0 Å². The fourth-order valence-corrected chi connectivity index (χ4v) is 4.13. The van der Waals surface area contributed by atoms with E-state index in [1.807, 2.05) is 6.92 Å². The van der Waals surface area contributed by atoms with Gasteiger partial charge in [-0.05, 0) is 19.2 Å². The van der Waals surface area contributed by atoms with Crippen molar-refractivity contribution < 1.29 is 96.0 Å². The van der Waals surface area contributed by atoms with Crippen LogP contribution in [0.3, 0.4) is 0 Å². The Kier molecular flexibility index (Phi) is 14.3. The number of amides is 1. The van der Waals surface area contributed by atoms with Crippen LogP contribution in [0.4, 0.5) is 0 Å². The fourth-order valence-electron chi connectivity index (χ4n) is 3.82. The van der Waals surface area contributed by atoms with E-state index in [9.17, 15) is 38.7 Å². The van der Waals surface area contributed by atoms with Gasteiger partial charge < -0.3 is 49.8 Å². The summed E-state index contributed by atoms with van der Waals surface area (Å²) < 4.78 is 57.4. The second-order valence-electron chi connectivity index (χ2n) is 8.29. The Morgan fingerprint density at radius 3 is 2.22 bits per heavy atom. The Morgan fingerprint density at radius 2 is 1.70 bits per heavy atom. The van der Waals surface area contributed by atoms with Gasteiger partial charge in [0.15, 0.2) is 12.6 Å². The summed E-state index contributed by atoms with van der Waals surface area (Å²) in [6.07, 6.45) is -11.8. The van der Waals surface area contributed by atoms with E-state index < -0.39 is 96.7 Å². The van der Waals surface area contributed by atoms with E-state index in [0.29, 0.717) is 6.42 Å². The molecule has 0 unspecified atom stereocenters. The summed E-state index contributed by atoms with van der Waals surface area (Å²) in [5.41, 5.74) is 0. The maximum absolute atomic E-state index is 11.7. The summed E-state index contributed by atoms with van der Waals surface area (Å²) in [6.45, 7) is 2.65. The van der Waals surface area contributed by atoms with E-state index in [2.05, 4.69) is 14.5 Å².